The molecule has 0 saturated carbocycles. The van der Waals surface area contributed by atoms with Crippen molar-refractivity contribution in [2.45, 2.75) is 32.6 Å². The summed E-state index contributed by atoms with van der Waals surface area (Å²) >= 11 is 0. The van der Waals surface area contributed by atoms with Crippen molar-refractivity contribution in [3.8, 4) is 11.5 Å². The Hall–Kier alpha value is -1.51. The predicted octanol–water partition coefficient (Wildman–Crippen LogP) is 2.93. The molecule has 1 atom stereocenters. The number of ether oxygens (including phenoxy) is 2. The molecule has 0 amide bonds. The van der Waals surface area contributed by atoms with Crippen molar-refractivity contribution in [3.63, 3.8) is 0 Å². The summed E-state index contributed by atoms with van der Waals surface area (Å²) in [6.07, 6.45) is 1.46. The zero-order chi connectivity index (χ0) is 12.3. The Kier molecular flexibility index (Phi) is 3.67. The van der Waals surface area contributed by atoms with E-state index in [2.05, 4.69) is 0 Å². The average Bonchev–Trinajstić information content (AvgIpc) is 2.61. The van der Waals surface area contributed by atoms with Crippen LogP contribution in [0, 0.1) is 0 Å². The van der Waals surface area contributed by atoms with Gasteiger partial charge in [-0.05, 0) is 17.7 Å². The number of hydrogen-bond acceptors (Lipinski definition) is 3. The number of Topliss-reactive ketones (excluding diaryl/α,β-unsaturated/α-hetero) is 1. The molecule has 0 radical (unpaired) electrons. The van der Waals surface area contributed by atoms with E-state index in [9.17, 15) is 4.79 Å². The molecule has 0 N–H and O–H groups in total. The number of carbonyl (C=O) groups excluding carboxylic acids is 1. The average molecular weight is 234 g/mol. The van der Waals surface area contributed by atoms with Gasteiger partial charge in [0.2, 0.25) is 0 Å². The van der Waals surface area contributed by atoms with Crippen molar-refractivity contribution >= 4 is 5.78 Å². The Bertz CT molecular complexity index is 412. The first kappa shape index (κ1) is 12.0. The summed E-state index contributed by atoms with van der Waals surface area (Å²) in [4.78, 5) is 11.7. The molecule has 1 aromatic rings. The molecule has 0 saturated heterocycles. The minimum absolute atomic E-state index is 0.0721. The van der Waals surface area contributed by atoms with Crippen LogP contribution in [-0.4, -0.2) is 19.0 Å². The highest BCUT2D eigenvalue weighted by Crippen LogP contribution is 2.33. The molecule has 0 fully saturated rings. The Labute approximate surface area is 102 Å². The molecule has 3 nitrogen and oxygen atoms in total. The van der Waals surface area contributed by atoms with E-state index in [1.54, 1.807) is 0 Å². The maximum absolute atomic E-state index is 11.7. The van der Waals surface area contributed by atoms with Gasteiger partial charge in [0, 0.05) is 18.8 Å². The zero-order valence-corrected chi connectivity index (χ0v) is 10.4. The van der Waals surface area contributed by atoms with Gasteiger partial charge in [0.25, 0.3) is 0 Å². The van der Waals surface area contributed by atoms with Gasteiger partial charge in [-0.1, -0.05) is 19.9 Å². The third kappa shape index (κ3) is 2.60. The largest absolute Gasteiger partial charge is 0.490 e. The van der Waals surface area contributed by atoms with E-state index in [1.807, 2.05) is 32.0 Å². The summed E-state index contributed by atoms with van der Waals surface area (Å²) in [6, 6.07) is 5.78. The standard InChI is InChI=1S/C14H18O3/c1-3-12(15)10(2)11-5-6-13-14(9-11)17-8-4-7-16-13/h5-6,9-10H,3-4,7-8H2,1-2H3. The van der Waals surface area contributed by atoms with Crippen molar-refractivity contribution in [2.75, 3.05) is 13.2 Å². The van der Waals surface area contributed by atoms with Gasteiger partial charge in [-0.3, -0.25) is 4.79 Å². The van der Waals surface area contributed by atoms with Gasteiger partial charge in [-0.25, -0.2) is 0 Å². The SMILES string of the molecule is CCC(=O)C(C)c1ccc2c(c1)OCCCO2. The lowest BCUT2D eigenvalue weighted by molar-refractivity contribution is -0.119. The maximum atomic E-state index is 11.7. The van der Waals surface area contributed by atoms with Crippen LogP contribution < -0.4 is 9.47 Å². The Morgan fingerprint density at radius 1 is 1.29 bits per heavy atom. The van der Waals surface area contributed by atoms with Gasteiger partial charge in [-0.2, -0.15) is 0 Å². The minimum Gasteiger partial charge on any atom is -0.490 e. The smallest absolute Gasteiger partial charge is 0.161 e. The van der Waals surface area contributed by atoms with Crippen molar-refractivity contribution in [3.05, 3.63) is 23.8 Å². The van der Waals surface area contributed by atoms with Gasteiger partial charge in [-0.15, -0.1) is 0 Å². The van der Waals surface area contributed by atoms with Gasteiger partial charge in [0.05, 0.1) is 13.2 Å². The monoisotopic (exact) mass is 234 g/mol. The minimum atomic E-state index is -0.0721. The number of hydrogen-bond donors (Lipinski definition) is 0. The number of benzene rings is 1. The van der Waals surface area contributed by atoms with Gasteiger partial charge in [0.15, 0.2) is 11.5 Å². The van der Waals surface area contributed by atoms with Crippen molar-refractivity contribution in [1.29, 1.82) is 0 Å². The number of carbonyl (C=O) groups is 1. The van der Waals surface area contributed by atoms with Crippen molar-refractivity contribution in [2.24, 2.45) is 0 Å². The first-order valence-electron chi connectivity index (χ1n) is 6.14. The normalized spacial score (nSPS) is 16.1. The first-order chi connectivity index (χ1) is 8.22. The molecule has 0 bridgehead atoms. The molecular formula is C14H18O3. The molecule has 17 heavy (non-hydrogen) atoms. The fourth-order valence-corrected chi connectivity index (χ4v) is 1.94. The van der Waals surface area contributed by atoms with E-state index in [0.29, 0.717) is 19.6 Å². The van der Waals surface area contributed by atoms with Crippen LogP contribution in [0.2, 0.25) is 0 Å². The van der Waals surface area contributed by atoms with Crippen LogP contribution in [0.15, 0.2) is 18.2 Å². The predicted molar refractivity (Wildman–Crippen MR) is 65.8 cm³/mol. The third-order valence-corrected chi connectivity index (χ3v) is 3.10. The lowest BCUT2D eigenvalue weighted by Crippen LogP contribution is -2.07. The zero-order valence-electron chi connectivity index (χ0n) is 10.4. The van der Waals surface area contributed by atoms with Crippen LogP contribution in [0.25, 0.3) is 0 Å². The molecule has 1 heterocycles. The van der Waals surface area contributed by atoms with Gasteiger partial charge >= 0.3 is 0 Å². The lowest BCUT2D eigenvalue weighted by Gasteiger charge is -2.13. The molecule has 0 aromatic heterocycles. The molecular weight excluding hydrogens is 216 g/mol. The van der Waals surface area contributed by atoms with Crippen LogP contribution in [0.4, 0.5) is 0 Å². The summed E-state index contributed by atoms with van der Waals surface area (Å²) in [7, 11) is 0. The molecule has 92 valence electrons. The second-order valence-corrected chi connectivity index (χ2v) is 4.30. The Balaban J connectivity index is 2.26. The van der Waals surface area contributed by atoms with Crippen LogP contribution in [0.1, 0.15) is 38.2 Å². The Morgan fingerprint density at radius 3 is 2.71 bits per heavy atom. The maximum Gasteiger partial charge on any atom is 0.161 e. The number of rotatable bonds is 3. The molecule has 1 unspecified atom stereocenters. The molecule has 1 aliphatic rings. The van der Waals surface area contributed by atoms with Crippen LogP contribution in [-0.2, 0) is 4.79 Å². The second-order valence-electron chi connectivity index (χ2n) is 4.30. The number of ketones is 1. The molecule has 1 aromatic carbocycles. The molecule has 1 aliphatic heterocycles. The van der Waals surface area contributed by atoms with Crippen LogP contribution in [0.5, 0.6) is 11.5 Å². The van der Waals surface area contributed by atoms with Crippen LogP contribution >= 0.6 is 0 Å². The van der Waals surface area contributed by atoms with Gasteiger partial charge in [0.1, 0.15) is 5.78 Å². The fourth-order valence-electron chi connectivity index (χ4n) is 1.94. The van der Waals surface area contributed by atoms with Crippen molar-refractivity contribution in [1.82, 2.24) is 0 Å². The van der Waals surface area contributed by atoms with E-state index < -0.39 is 0 Å². The number of fused-ring (bicyclic) bond motifs is 1. The highest BCUT2D eigenvalue weighted by atomic mass is 16.5. The molecule has 0 spiro atoms. The van der Waals surface area contributed by atoms with E-state index in [0.717, 1.165) is 23.5 Å². The topological polar surface area (TPSA) is 35.5 Å². The second kappa shape index (κ2) is 5.21. The third-order valence-electron chi connectivity index (χ3n) is 3.10. The van der Waals surface area contributed by atoms with E-state index in [1.165, 1.54) is 0 Å². The first-order valence-corrected chi connectivity index (χ1v) is 6.14. The van der Waals surface area contributed by atoms with Crippen LogP contribution in [0.3, 0.4) is 0 Å². The highest BCUT2D eigenvalue weighted by molar-refractivity contribution is 5.85. The van der Waals surface area contributed by atoms with E-state index >= 15 is 0 Å². The highest BCUT2D eigenvalue weighted by Gasteiger charge is 2.17. The molecule has 2 rings (SSSR count). The van der Waals surface area contributed by atoms with E-state index in [4.69, 9.17) is 9.47 Å². The van der Waals surface area contributed by atoms with E-state index in [-0.39, 0.29) is 11.7 Å². The summed E-state index contributed by atoms with van der Waals surface area (Å²) in [5.74, 6) is 1.72. The fraction of sp³-hybridized carbons (Fsp3) is 0.500. The van der Waals surface area contributed by atoms with Crippen molar-refractivity contribution < 1.29 is 14.3 Å². The summed E-state index contributed by atoms with van der Waals surface area (Å²) in [6.45, 7) is 5.19. The van der Waals surface area contributed by atoms with Gasteiger partial charge < -0.3 is 9.47 Å². The molecule has 0 aliphatic carbocycles. The summed E-state index contributed by atoms with van der Waals surface area (Å²) in [5.41, 5.74) is 1.00. The summed E-state index contributed by atoms with van der Waals surface area (Å²) < 4.78 is 11.2. The summed E-state index contributed by atoms with van der Waals surface area (Å²) in [5, 5.41) is 0. The lowest BCUT2D eigenvalue weighted by atomic mass is 9.95. The quantitative estimate of drug-likeness (QED) is 0.806. The molecule has 3 heteroatoms. The Morgan fingerprint density at radius 2 is 2.00 bits per heavy atom.